The third-order valence-corrected chi connectivity index (χ3v) is 8.24. The van der Waals surface area contributed by atoms with Crippen molar-refractivity contribution in [3.63, 3.8) is 0 Å². The second-order valence-electron chi connectivity index (χ2n) is 11.1. The van der Waals surface area contributed by atoms with E-state index >= 15 is 0 Å². The van der Waals surface area contributed by atoms with E-state index in [0.717, 1.165) is 24.3 Å². The van der Waals surface area contributed by atoms with Gasteiger partial charge in [0.05, 0.1) is 36.5 Å². The fraction of sp³-hybridized carbons (Fsp3) is 0.303. The number of anilines is 1. The van der Waals surface area contributed by atoms with Gasteiger partial charge < -0.3 is 14.8 Å². The molecule has 6 rings (SSSR count). The van der Waals surface area contributed by atoms with Crippen LogP contribution in [0.5, 0.6) is 0 Å². The SMILES string of the molecule is COCCN1C[C@@H](NC(=O)Nc2c(C)c(-c3cnc4c(c3)c(C(=O)OC)nn4C)nn2-c2ccccc2)[C@H](c2ccccc2)C1. The van der Waals surface area contributed by atoms with E-state index in [4.69, 9.17) is 14.6 Å². The van der Waals surface area contributed by atoms with Crippen LogP contribution in [0.2, 0.25) is 0 Å². The molecule has 12 nitrogen and oxygen atoms in total. The Bertz CT molecular complexity index is 1820. The Kier molecular flexibility index (Phi) is 8.58. The molecular formula is C33H36N8O4. The van der Waals surface area contributed by atoms with Crippen LogP contribution in [0.1, 0.15) is 27.5 Å². The van der Waals surface area contributed by atoms with Crippen molar-refractivity contribution in [2.24, 2.45) is 7.05 Å². The maximum atomic E-state index is 13.7. The van der Waals surface area contributed by atoms with Crippen molar-refractivity contribution in [1.82, 2.24) is 34.8 Å². The summed E-state index contributed by atoms with van der Waals surface area (Å²) < 4.78 is 13.5. The van der Waals surface area contributed by atoms with Crippen LogP contribution < -0.4 is 10.6 Å². The number of hydrogen-bond donors (Lipinski definition) is 2. The van der Waals surface area contributed by atoms with Gasteiger partial charge >= 0.3 is 12.0 Å². The van der Waals surface area contributed by atoms with Crippen LogP contribution in [-0.4, -0.2) is 87.9 Å². The summed E-state index contributed by atoms with van der Waals surface area (Å²) in [6.07, 6.45) is 1.69. The fourth-order valence-corrected chi connectivity index (χ4v) is 5.98. The van der Waals surface area contributed by atoms with Crippen LogP contribution in [0.4, 0.5) is 10.6 Å². The Morgan fingerprint density at radius 1 is 1.00 bits per heavy atom. The summed E-state index contributed by atoms with van der Waals surface area (Å²) in [5.74, 6) is 0.107. The highest BCUT2D eigenvalue weighted by atomic mass is 16.5. The lowest BCUT2D eigenvalue weighted by Gasteiger charge is -2.21. The number of fused-ring (bicyclic) bond motifs is 1. The van der Waals surface area contributed by atoms with E-state index in [1.54, 1.807) is 29.7 Å². The third kappa shape index (κ3) is 6.02. The van der Waals surface area contributed by atoms with E-state index in [0.29, 0.717) is 41.3 Å². The summed E-state index contributed by atoms with van der Waals surface area (Å²) in [6.45, 7) is 4.84. The number of carbonyl (C=O) groups is 2. The molecule has 0 bridgehead atoms. The summed E-state index contributed by atoms with van der Waals surface area (Å²) in [4.78, 5) is 33.0. The van der Waals surface area contributed by atoms with E-state index in [1.807, 2.05) is 61.5 Å². The van der Waals surface area contributed by atoms with Gasteiger partial charge in [-0.05, 0) is 30.7 Å². The Balaban J connectivity index is 1.33. The van der Waals surface area contributed by atoms with Gasteiger partial charge in [-0.2, -0.15) is 10.2 Å². The monoisotopic (exact) mass is 608 g/mol. The molecule has 4 heterocycles. The standard InChI is InChI=1S/C33H36N8O4/c1-21-28(23-17-25-29(32(42)45-4)37-39(2)31(25)34-18-23)38-41(24-13-9-6-10-14-24)30(21)36-33(43)35-27-20-40(15-16-44-3)19-26(27)22-11-7-5-8-12-22/h5-14,17-18,26-27H,15-16,19-20H2,1-4H3,(H2,35,36,43)/t26-,27+/m0/s1. The largest absolute Gasteiger partial charge is 0.464 e. The van der Waals surface area contributed by atoms with Crippen molar-refractivity contribution in [2.75, 3.05) is 45.8 Å². The van der Waals surface area contributed by atoms with Crippen LogP contribution in [0, 0.1) is 6.92 Å². The second kappa shape index (κ2) is 12.9. The molecule has 0 radical (unpaired) electrons. The number of para-hydroxylation sites is 1. The van der Waals surface area contributed by atoms with E-state index in [-0.39, 0.29) is 23.7 Å². The number of nitrogens with zero attached hydrogens (tertiary/aromatic N) is 6. The van der Waals surface area contributed by atoms with Crippen molar-refractivity contribution in [3.05, 3.63) is 89.7 Å². The number of rotatable bonds is 9. The third-order valence-electron chi connectivity index (χ3n) is 8.24. The van der Waals surface area contributed by atoms with Crippen molar-refractivity contribution >= 4 is 28.9 Å². The highest BCUT2D eigenvalue weighted by molar-refractivity contribution is 6.02. The molecule has 1 fully saturated rings. The number of aromatic nitrogens is 5. The molecule has 1 saturated heterocycles. The highest BCUT2D eigenvalue weighted by Crippen LogP contribution is 2.33. The summed E-state index contributed by atoms with van der Waals surface area (Å²) in [6, 6.07) is 21.3. The summed E-state index contributed by atoms with van der Waals surface area (Å²) in [7, 11) is 4.74. The van der Waals surface area contributed by atoms with Crippen LogP contribution >= 0.6 is 0 Å². The lowest BCUT2D eigenvalue weighted by molar-refractivity contribution is 0.0595. The van der Waals surface area contributed by atoms with E-state index in [2.05, 4.69) is 37.7 Å². The molecule has 0 unspecified atom stereocenters. The molecule has 1 aliphatic heterocycles. The van der Waals surface area contributed by atoms with Crippen molar-refractivity contribution < 1.29 is 19.1 Å². The molecule has 0 saturated carbocycles. The molecule has 2 amide bonds. The Morgan fingerprint density at radius 2 is 1.73 bits per heavy atom. The molecule has 2 aromatic carbocycles. The Hall–Kier alpha value is -5.07. The number of esters is 1. The molecule has 0 aliphatic carbocycles. The minimum absolute atomic E-state index is 0.106. The lowest BCUT2D eigenvalue weighted by atomic mass is 9.94. The number of benzene rings is 2. The summed E-state index contributed by atoms with van der Waals surface area (Å²) in [5.41, 5.74) is 4.70. The van der Waals surface area contributed by atoms with Gasteiger partial charge in [0.2, 0.25) is 0 Å². The number of likely N-dealkylation sites (tertiary alicyclic amines) is 1. The van der Waals surface area contributed by atoms with Gasteiger partial charge in [-0.1, -0.05) is 48.5 Å². The molecule has 232 valence electrons. The molecule has 2 N–H and O–H groups in total. The van der Waals surface area contributed by atoms with Gasteiger partial charge in [-0.25, -0.2) is 23.9 Å². The average molecular weight is 609 g/mol. The Morgan fingerprint density at radius 3 is 2.44 bits per heavy atom. The zero-order chi connectivity index (χ0) is 31.5. The molecule has 3 aromatic heterocycles. The van der Waals surface area contributed by atoms with Gasteiger partial charge in [0.1, 0.15) is 5.82 Å². The first-order chi connectivity index (χ1) is 21.9. The minimum Gasteiger partial charge on any atom is -0.464 e. The normalized spacial score (nSPS) is 16.6. The molecule has 45 heavy (non-hydrogen) atoms. The van der Waals surface area contributed by atoms with Crippen molar-refractivity contribution in [3.8, 4) is 16.9 Å². The highest BCUT2D eigenvalue weighted by Gasteiger charge is 2.35. The molecule has 5 aromatic rings. The topological polar surface area (TPSA) is 128 Å². The number of amides is 2. The predicted octanol–water partition coefficient (Wildman–Crippen LogP) is 4.15. The van der Waals surface area contributed by atoms with Crippen molar-refractivity contribution in [1.29, 1.82) is 0 Å². The quantitative estimate of drug-likeness (QED) is 0.239. The van der Waals surface area contributed by atoms with Crippen LogP contribution in [0.15, 0.2) is 72.9 Å². The Labute approximate surface area is 261 Å². The van der Waals surface area contributed by atoms with E-state index in [9.17, 15) is 9.59 Å². The van der Waals surface area contributed by atoms with E-state index in [1.165, 1.54) is 12.7 Å². The number of ether oxygens (including phenoxy) is 2. The van der Waals surface area contributed by atoms with Gasteiger partial charge in [-0.3, -0.25) is 10.2 Å². The van der Waals surface area contributed by atoms with Crippen LogP contribution in [0.3, 0.4) is 0 Å². The number of pyridine rings is 1. The first-order valence-electron chi connectivity index (χ1n) is 14.8. The van der Waals surface area contributed by atoms with Crippen LogP contribution in [0.25, 0.3) is 28.0 Å². The molecule has 2 atom stereocenters. The number of hydrogen-bond acceptors (Lipinski definition) is 8. The smallest absolute Gasteiger partial charge is 0.359 e. The van der Waals surface area contributed by atoms with E-state index < -0.39 is 5.97 Å². The molecule has 1 aliphatic rings. The lowest BCUT2D eigenvalue weighted by Crippen LogP contribution is -2.42. The van der Waals surface area contributed by atoms with Crippen molar-refractivity contribution in [2.45, 2.75) is 18.9 Å². The van der Waals surface area contributed by atoms with Gasteiger partial charge in [0, 0.05) is 57.0 Å². The fourth-order valence-electron chi connectivity index (χ4n) is 5.98. The maximum absolute atomic E-state index is 13.7. The minimum atomic E-state index is -0.549. The summed E-state index contributed by atoms with van der Waals surface area (Å²) >= 11 is 0. The van der Waals surface area contributed by atoms with Crippen LogP contribution in [-0.2, 0) is 16.5 Å². The van der Waals surface area contributed by atoms with Gasteiger partial charge in [0.25, 0.3) is 0 Å². The number of nitrogens with one attached hydrogen (secondary N) is 2. The number of carbonyl (C=O) groups excluding carboxylic acids is 2. The van der Waals surface area contributed by atoms with Gasteiger partial charge in [0.15, 0.2) is 11.3 Å². The first kappa shape index (κ1) is 30.0. The number of aryl methyl sites for hydroxylation is 1. The number of methoxy groups -OCH3 is 2. The average Bonchev–Trinajstić information content (AvgIpc) is 3.73. The molecule has 0 spiro atoms. The van der Waals surface area contributed by atoms with Gasteiger partial charge in [-0.15, -0.1) is 0 Å². The second-order valence-corrected chi connectivity index (χ2v) is 11.1. The maximum Gasteiger partial charge on any atom is 0.359 e. The predicted molar refractivity (Wildman–Crippen MR) is 171 cm³/mol. The molecular weight excluding hydrogens is 572 g/mol. The number of urea groups is 1. The zero-order valence-electron chi connectivity index (χ0n) is 25.7. The first-order valence-corrected chi connectivity index (χ1v) is 14.8. The molecule has 12 heteroatoms. The summed E-state index contributed by atoms with van der Waals surface area (Å²) in [5, 5.41) is 16.1. The zero-order valence-corrected chi connectivity index (χ0v) is 25.7.